The maximum atomic E-state index is 2.60. The van der Waals surface area contributed by atoms with E-state index in [1.807, 2.05) is 0 Å². The number of rotatable bonds is 3. The lowest BCUT2D eigenvalue weighted by Gasteiger charge is -2.35. The zero-order valence-corrected chi connectivity index (χ0v) is 19.8. The van der Waals surface area contributed by atoms with E-state index in [1.54, 1.807) is 5.56 Å². The summed E-state index contributed by atoms with van der Waals surface area (Å²) in [5.41, 5.74) is 11.6. The topological polar surface area (TPSA) is 9.72 Å². The van der Waals surface area contributed by atoms with Gasteiger partial charge in [0, 0.05) is 63.8 Å². The number of allylic oxidation sites excluding steroid dienone is 1. The van der Waals surface area contributed by atoms with E-state index in [0.717, 1.165) is 45.4 Å². The Hall–Kier alpha value is -3.04. The van der Waals surface area contributed by atoms with E-state index in [0.29, 0.717) is 5.92 Å². The molecular weight excluding hydrogens is 402 g/mol. The molecule has 168 valence electrons. The lowest BCUT2D eigenvalue weighted by molar-refractivity contribution is 0.245. The first-order valence-corrected chi connectivity index (χ1v) is 12.3. The van der Waals surface area contributed by atoms with Gasteiger partial charge >= 0.3 is 0 Å². The van der Waals surface area contributed by atoms with Crippen LogP contribution in [-0.4, -0.2) is 32.1 Å². The van der Waals surface area contributed by atoms with Crippen molar-refractivity contribution in [2.24, 2.45) is 0 Å². The lowest BCUT2D eigenvalue weighted by atomic mass is 9.85. The van der Waals surface area contributed by atoms with Crippen LogP contribution in [0.25, 0.3) is 0 Å². The standard InChI is InChI=1S/C30H33N3/c1-31-14-5-7-23-10-9-22(16-30(23)31)19-33-15-13-25-17-24(11-12-27(25)21-33)28-18-26-6-3-4-8-29(26)32(2)20-28/h3-6,8-12,14,16-17,28H,7,13,15,18-21H2,1-2H3. The fourth-order valence-electron chi connectivity index (χ4n) is 5.94. The number of hydrogen-bond donors (Lipinski definition) is 0. The van der Waals surface area contributed by atoms with E-state index in [4.69, 9.17) is 0 Å². The molecule has 6 rings (SSSR count). The molecule has 0 bridgehead atoms. The van der Waals surface area contributed by atoms with Crippen LogP contribution < -0.4 is 9.80 Å². The molecule has 0 spiro atoms. The summed E-state index contributed by atoms with van der Waals surface area (Å²) in [7, 11) is 4.38. The third-order valence-corrected chi connectivity index (χ3v) is 7.76. The van der Waals surface area contributed by atoms with Crippen LogP contribution in [-0.2, 0) is 32.4 Å². The summed E-state index contributed by atoms with van der Waals surface area (Å²) in [4.78, 5) is 7.28. The van der Waals surface area contributed by atoms with Crippen LogP contribution >= 0.6 is 0 Å². The van der Waals surface area contributed by atoms with Crippen LogP contribution in [0.15, 0.2) is 72.9 Å². The van der Waals surface area contributed by atoms with Crippen molar-refractivity contribution in [1.29, 1.82) is 0 Å². The maximum Gasteiger partial charge on any atom is 0.0442 e. The molecule has 3 nitrogen and oxygen atoms in total. The minimum atomic E-state index is 0.578. The van der Waals surface area contributed by atoms with Gasteiger partial charge in [-0.15, -0.1) is 0 Å². The zero-order valence-electron chi connectivity index (χ0n) is 19.8. The van der Waals surface area contributed by atoms with Crippen molar-refractivity contribution in [2.75, 3.05) is 37.0 Å². The molecular formula is C30H33N3. The van der Waals surface area contributed by atoms with Gasteiger partial charge in [-0.05, 0) is 64.8 Å². The summed E-state index contributed by atoms with van der Waals surface area (Å²) in [5, 5.41) is 0. The summed E-state index contributed by atoms with van der Waals surface area (Å²) < 4.78 is 0. The van der Waals surface area contributed by atoms with Gasteiger partial charge in [0.25, 0.3) is 0 Å². The van der Waals surface area contributed by atoms with E-state index < -0.39 is 0 Å². The van der Waals surface area contributed by atoms with Crippen molar-refractivity contribution in [1.82, 2.24) is 4.90 Å². The Bertz CT molecular complexity index is 1210. The molecule has 0 N–H and O–H groups in total. The van der Waals surface area contributed by atoms with Gasteiger partial charge in [0.05, 0.1) is 0 Å². The number of likely N-dealkylation sites (N-methyl/N-ethyl adjacent to an activating group) is 1. The first kappa shape index (κ1) is 20.6. The molecule has 0 aliphatic carbocycles. The Labute approximate surface area is 197 Å². The number of benzene rings is 3. The molecule has 1 atom stereocenters. The minimum Gasteiger partial charge on any atom is -0.374 e. The van der Waals surface area contributed by atoms with E-state index in [-0.39, 0.29) is 0 Å². The molecule has 33 heavy (non-hydrogen) atoms. The number of anilines is 2. The highest BCUT2D eigenvalue weighted by molar-refractivity contribution is 5.60. The van der Waals surface area contributed by atoms with Gasteiger partial charge in [-0.25, -0.2) is 0 Å². The highest BCUT2D eigenvalue weighted by Crippen LogP contribution is 2.35. The Morgan fingerprint density at radius 1 is 0.848 bits per heavy atom. The molecule has 0 aromatic heterocycles. The van der Waals surface area contributed by atoms with Crippen LogP contribution in [0.3, 0.4) is 0 Å². The van der Waals surface area contributed by atoms with Crippen LogP contribution in [0.5, 0.6) is 0 Å². The van der Waals surface area contributed by atoms with Crippen molar-refractivity contribution in [3.63, 3.8) is 0 Å². The molecule has 3 aromatic rings. The molecule has 3 heteroatoms. The molecule has 3 aliphatic rings. The lowest BCUT2D eigenvalue weighted by Crippen LogP contribution is -2.32. The third-order valence-electron chi connectivity index (χ3n) is 7.76. The van der Waals surface area contributed by atoms with Crippen LogP contribution in [0.4, 0.5) is 11.4 Å². The van der Waals surface area contributed by atoms with Crippen molar-refractivity contribution < 1.29 is 0 Å². The van der Waals surface area contributed by atoms with Crippen molar-refractivity contribution in [3.8, 4) is 0 Å². The van der Waals surface area contributed by atoms with Gasteiger partial charge in [-0.1, -0.05) is 54.6 Å². The fourth-order valence-corrected chi connectivity index (χ4v) is 5.94. The Morgan fingerprint density at radius 2 is 1.73 bits per heavy atom. The average molecular weight is 436 g/mol. The molecule has 0 amide bonds. The van der Waals surface area contributed by atoms with E-state index in [2.05, 4.69) is 102 Å². The van der Waals surface area contributed by atoms with Crippen LogP contribution in [0.1, 0.15) is 39.3 Å². The predicted molar refractivity (Wildman–Crippen MR) is 138 cm³/mol. The number of hydrogen-bond acceptors (Lipinski definition) is 3. The largest absolute Gasteiger partial charge is 0.374 e. The molecule has 0 radical (unpaired) electrons. The predicted octanol–water partition coefficient (Wildman–Crippen LogP) is 5.53. The van der Waals surface area contributed by atoms with Gasteiger partial charge < -0.3 is 9.80 Å². The monoisotopic (exact) mass is 435 g/mol. The van der Waals surface area contributed by atoms with Gasteiger partial charge in [-0.2, -0.15) is 0 Å². The Kier molecular flexibility index (Phi) is 5.22. The highest BCUT2D eigenvalue weighted by atomic mass is 15.1. The second kappa shape index (κ2) is 8.39. The van der Waals surface area contributed by atoms with E-state index >= 15 is 0 Å². The molecule has 0 saturated carbocycles. The summed E-state index contributed by atoms with van der Waals surface area (Å²) >= 11 is 0. The van der Waals surface area contributed by atoms with Crippen molar-refractivity contribution >= 4 is 11.4 Å². The number of fused-ring (bicyclic) bond motifs is 3. The second-order valence-electron chi connectivity index (χ2n) is 10.1. The quantitative estimate of drug-likeness (QED) is 0.536. The summed E-state index contributed by atoms with van der Waals surface area (Å²) in [6.45, 7) is 4.31. The van der Waals surface area contributed by atoms with Crippen LogP contribution in [0.2, 0.25) is 0 Å². The SMILES string of the molecule is CN1C=CCc2ccc(CN3CCc4cc(C5Cc6ccccc6N(C)C5)ccc4C3)cc21. The first-order valence-electron chi connectivity index (χ1n) is 12.3. The fraction of sp³-hybridized carbons (Fsp3) is 0.333. The van der Waals surface area contributed by atoms with E-state index in [9.17, 15) is 0 Å². The number of para-hydroxylation sites is 1. The molecule has 0 saturated heterocycles. The second-order valence-corrected chi connectivity index (χ2v) is 10.1. The average Bonchev–Trinajstić information content (AvgIpc) is 2.84. The highest BCUT2D eigenvalue weighted by Gasteiger charge is 2.25. The molecule has 0 fully saturated rings. The van der Waals surface area contributed by atoms with Gasteiger partial charge in [0.15, 0.2) is 0 Å². The molecule has 1 unspecified atom stereocenters. The smallest absolute Gasteiger partial charge is 0.0442 e. The molecule has 3 heterocycles. The Balaban J connectivity index is 1.16. The zero-order chi connectivity index (χ0) is 22.4. The summed E-state index contributed by atoms with van der Waals surface area (Å²) in [6, 6.07) is 23.2. The van der Waals surface area contributed by atoms with Gasteiger partial charge in [0.2, 0.25) is 0 Å². The summed E-state index contributed by atoms with van der Waals surface area (Å²) in [5.74, 6) is 0.578. The van der Waals surface area contributed by atoms with Gasteiger partial charge in [-0.3, -0.25) is 4.90 Å². The summed E-state index contributed by atoms with van der Waals surface area (Å²) in [6.07, 6.45) is 7.76. The molecule has 3 aromatic carbocycles. The van der Waals surface area contributed by atoms with Crippen LogP contribution in [0, 0.1) is 0 Å². The van der Waals surface area contributed by atoms with Gasteiger partial charge in [0.1, 0.15) is 0 Å². The number of nitrogens with zero attached hydrogens (tertiary/aromatic N) is 3. The maximum absolute atomic E-state index is 2.60. The molecule has 3 aliphatic heterocycles. The Morgan fingerprint density at radius 3 is 2.67 bits per heavy atom. The normalized spacial score (nSPS) is 19.8. The minimum absolute atomic E-state index is 0.578. The van der Waals surface area contributed by atoms with Crippen molar-refractivity contribution in [2.45, 2.75) is 38.3 Å². The third kappa shape index (κ3) is 3.95. The van der Waals surface area contributed by atoms with Crippen molar-refractivity contribution in [3.05, 3.63) is 106 Å². The first-order chi connectivity index (χ1) is 16.1. The van der Waals surface area contributed by atoms with E-state index in [1.165, 1.54) is 39.2 Å².